The van der Waals surface area contributed by atoms with Crippen LogP contribution in [-0.2, 0) is 17.8 Å². The predicted octanol–water partition coefficient (Wildman–Crippen LogP) is 2.27. The Hall–Kier alpha value is -2.11. The van der Waals surface area contributed by atoms with Crippen molar-refractivity contribution in [3.63, 3.8) is 0 Å². The minimum atomic E-state index is 0.239. The first-order chi connectivity index (χ1) is 11.2. The van der Waals surface area contributed by atoms with Crippen LogP contribution >= 0.6 is 0 Å². The Morgan fingerprint density at radius 1 is 1.48 bits per heavy atom. The van der Waals surface area contributed by atoms with Crippen LogP contribution in [-0.4, -0.2) is 43.6 Å². The molecule has 0 bridgehead atoms. The van der Waals surface area contributed by atoms with Crippen molar-refractivity contribution in [2.45, 2.75) is 52.0 Å². The molecule has 6 nitrogen and oxygen atoms in total. The van der Waals surface area contributed by atoms with E-state index in [9.17, 15) is 4.79 Å². The van der Waals surface area contributed by atoms with Crippen molar-refractivity contribution >= 4 is 5.91 Å². The van der Waals surface area contributed by atoms with E-state index in [0.717, 1.165) is 38.2 Å². The largest absolute Gasteiger partial charge is 0.342 e. The SMILES string of the molecule is CCc1nccn1CCC(=O)N1CCC[C@@H](c2[nH]ncc2C)C1. The van der Waals surface area contributed by atoms with Gasteiger partial charge < -0.3 is 9.47 Å². The van der Waals surface area contributed by atoms with E-state index in [4.69, 9.17) is 0 Å². The van der Waals surface area contributed by atoms with Gasteiger partial charge in [0.1, 0.15) is 5.82 Å². The Kier molecular flexibility index (Phi) is 4.79. The number of rotatable bonds is 5. The number of aromatic nitrogens is 4. The zero-order chi connectivity index (χ0) is 16.2. The van der Waals surface area contributed by atoms with Gasteiger partial charge in [-0.2, -0.15) is 5.10 Å². The number of hydrogen-bond acceptors (Lipinski definition) is 3. The molecule has 0 aliphatic carbocycles. The summed E-state index contributed by atoms with van der Waals surface area (Å²) in [5, 5.41) is 7.22. The highest BCUT2D eigenvalue weighted by atomic mass is 16.2. The second-order valence-electron chi connectivity index (χ2n) is 6.29. The second-order valence-corrected chi connectivity index (χ2v) is 6.29. The van der Waals surface area contributed by atoms with Crippen molar-refractivity contribution in [2.75, 3.05) is 13.1 Å². The molecule has 0 spiro atoms. The van der Waals surface area contributed by atoms with Crippen molar-refractivity contribution in [3.05, 3.63) is 35.7 Å². The van der Waals surface area contributed by atoms with Crippen LogP contribution in [0.2, 0.25) is 0 Å². The second kappa shape index (κ2) is 6.98. The lowest BCUT2D eigenvalue weighted by Crippen LogP contribution is -2.39. The fourth-order valence-corrected chi connectivity index (χ4v) is 3.44. The third-order valence-electron chi connectivity index (χ3n) is 4.73. The van der Waals surface area contributed by atoms with Gasteiger partial charge in [0.15, 0.2) is 0 Å². The third-order valence-corrected chi connectivity index (χ3v) is 4.73. The molecular weight excluding hydrogens is 290 g/mol. The van der Waals surface area contributed by atoms with Crippen molar-refractivity contribution in [1.29, 1.82) is 0 Å². The molecule has 1 saturated heterocycles. The summed E-state index contributed by atoms with van der Waals surface area (Å²) < 4.78 is 2.08. The molecule has 0 unspecified atom stereocenters. The molecule has 1 aliphatic rings. The number of hydrogen-bond donors (Lipinski definition) is 1. The first kappa shape index (κ1) is 15.8. The number of H-pyrrole nitrogens is 1. The molecule has 0 radical (unpaired) electrons. The average molecular weight is 315 g/mol. The summed E-state index contributed by atoms with van der Waals surface area (Å²) in [5.74, 6) is 1.67. The van der Waals surface area contributed by atoms with E-state index in [-0.39, 0.29) is 5.91 Å². The van der Waals surface area contributed by atoms with Crippen LogP contribution in [0.1, 0.15) is 49.2 Å². The van der Waals surface area contributed by atoms with Gasteiger partial charge in [-0.15, -0.1) is 0 Å². The van der Waals surface area contributed by atoms with Gasteiger partial charge in [0.2, 0.25) is 5.91 Å². The summed E-state index contributed by atoms with van der Waals surface area (Å²) in [6, 6.07) is 0. The van der Waals surface area contributed by atoms with E-state index in [0.29, 0.717) is 18.9 Å². The summed E-state index contributed by atoms with van der Waals surface area (Å²) in [7, 11) is 0. The minimum Gasteiger partial charge on any atom is -0.342 e. The normalized spacial score (nSPS) is 18.3. The van der Waals surface area contributed by atoms with Crippen LogP contribution in [0.3, 0.4) is 0 Å². The Labute approximate surface area is 136 Å². The number of piperidine rings is 1. The topological polar surface area (TPSA) is 66.8 Å². The summed E-state index contributed by atoms with van der Waals surface area (Å²) in [6.07, 6.45) is 9.24. The summed E-state index contributed by atoms with van der Waals surface area (Å²) in [6.45, 7) is 6.54. The molecule has 2 aromatic heterocycles. The number of nitrogens with zero attached hydrogens (tertiary/aromatic N) is 4. The maximum Gasteiger partial charge on any atom is 0.224 e. The summed E-state index contributed by atoms with van der Waals surface area (Å²) >= 11 is 0. The number of aryl methyl sites for hydroxylation is 3. The zero-order valence-corrected chi connectivity index (χ0v) is 14.0. The monoisotopic (exact) mass is 315 g/mol. The number of amides is 1. The minimum absolute atomic E-state index is 0.239. The molecule has 1 amide bonds. The number of nitrogens with one attached hydrogen (secondary N) is 1. The van der Waals surface area contributed by atoms with Gasteiger partial charge in [-0.25, -0.2) is 4.98 Å². The fraction of sp³-hybridized carbons (Fsp3) is 0.588. The van der Waals surface area contributed by atoms with Crippen LogP contribution in [0.5, 0.6) is 0 Å². The quantitative estimate of drug-likeness (QED) is 0.920. The highest BCUT2D eigenvalue weighted by Gasteiger charge is 2.26. The molecular formula is C17H25N5O. The first-order valence-corrected chi connectivity index (χ1v) is 8.46. The zero-order valence-electron chi connectivity index (χ0n) is 14.0. The van der Waals surface area contributed by atoms with Gasteiger partial charge in [0.05, 0.1) is 6.20 Å². The van der Waals surface area contributed by atoms with Crippen molar-refractivity contribution < 1.29 is 4.79 Å². The highest BCUT2D eigenvalue weighted by Crippen LogP contribution is 2.27. The molecule has 1 N–H and O–H groups in total. The smallest absolute Gasteiger partial charge is 0.224 e. The van der Waals surface area contributed by atoms with E-state index in [1.807, 2.05) is 17.3 Å². The van der Waals surface area contributed by atoms with E-state index in [1.165, 1.54) is 11.3 Å². The van der Waals surface area contributed by atoms with Crippen LogP contribution < -0.4 is 0 Å². The number of aromatic amines is 1. The molecule has 124 valence electrons. The number of imidazole rings is 1. The number of carbonyl (C=O) groups excluding carboxylic acids is 1. The lowest BCUT2D eigenvalue weighted by molar-refractivity contribution is -0.132. The molecule has 1 aliphatic heterocycles. The van der Waals surface area contributed by atoms with E-state index in [2.05, 4.69) is 33.6 Å². The van der Waals surface area contributed by atoms with Crippen LogP contribution in [0, 0.1) is 6.92 Å². The van der Waals surface area contributed by atoms with Gasteiger partial charge in [-0.1, -0.05) is 6.92 Å². The van der Waals surface area contributed by atoms with Crippen molar-refractivity contribution in [3.8, 4) is 0 Å². The Balaban J connectivity index is 1.58. The first-order valence-electron chi connectivity index (χ1n) is 8.46. The Bertz CT molecular complexity index is 659. The fourth-order valence-electron chi connectivity index (χ4n) is 3.44. The third kappa shape index (κ3) is 3.46. The number of carbonyl (C=O) groups is 1. The van der Waals surface area contributed by atoms with Gasteiger partial charge in [-0.3, -0.25) is 9.89 Å². The molecule has 0 aromatic carbocycles. The maximum absolute atomic E-state index is 12.6. The van der Waals surface area contributed by atoms with Gasteiger partial charge in [-0.05, 0) is 25.3 Å². The molecule has 6 heteroatoms. The lowest BCUT2D eigenvalue weighted by Gasteiger charge is -2.32. The number of likely N-dealkylation sites (tertiary alicyclic amines) is 1. The predicted molar refractivity (Wildman–Crippen MR) is 88.1 cm³/mol. The summed E-state index contributed by atoms with van der Waals surface area (Å²) in [5.41, 5.74) is 2.38. The molecule has 3 heterocycles. The molecule has 0 saturated carbocycles. The Morgan fingerprint density at radius 3 is 3.09 bits per heavy atom. The van der Waals surface area contributed by atoms with Crippen LogP contribution in [0.15, 0.2) is 18.6 Å². The lowest BCUT2D eigenvalue weighted by atomic mass is 9.93. The molecule has 3 rings (SSSR count). The van der Waals surface area contributed by atoms with Crippen LogP contribution in [0.25, 0.3) is 0 Å². The van der Waals surface area contributed by atoms with Crippen molar-refractivity contribution in [2.24, 2.45) is 0 Å². The van der Waals surface area contributed by atoms with E-state index in [1.54, 1.807) is 6.20 Å². The van der Waals surface area contributed by atoms with Crippen LogP contribution in [0.4, 0.5) is 0 Å². The molecule has 1 fully saturated rings. The van der Waals surface area contributed by atoms with Crippen molar-refractivity contribution in [1.82, 2.24) is 24.6 Å². The Morgan fingerprint density at radius 2 is 2.35 bits per heavy atom. The van der Waals surface area contributed by atoms with E-state index < -0.39 is 0 Å². The molecule has 23 heavy (non-hydrogen) atoms. The average Bonchev–Trinajstić information content (AvgIpc) is 3.21. The highest BCUT2D eigenvalue weighted by molar-refractivity contribution is 5.76. The molecule has 2 aromatic rings. The maximum atomic E-state index is 12.6. The van der Waals surface area contributed by atoms with Gasteiger partial charge in [0, 0.05) is 56.5 Å². The summed E-state index contributed by atoms with van der Waals surface area (Å²) in [4.78, 5) is 18.9. The molecule has 1 atom stereocenters. The van der Waals surface area contributed by atoms with Gasteiger partial charge in [0.25, 0.3) is 0 Å². The van der Waals surface area contributed by atoms with Gasteiger partial charge >= 0.3 is 0 Å². The standard InChI is InChI=1S/C17H25N5O/c1-3-15-18-7-10-21(15)9-6-16(23)22-8-4-5-14(12-22)17-13(2)11-19-20-17/h7,10-11,14H,3-6,8-9,12H2,1-2H3,(H,19,20)/t14-/m1/s1. The van der Waals surface area contributed by atoms with E-state index >= 15 is 0 Å².